The Morgan fingerprint density at radius 2 is 1.97 bits per heavy atom. The average Bonchev–Trinajstić information content (AvgIpc) is 3.42. The van der Waals surface area contributed by atoms with Gasteiger partial charge < -0.3 is 23.9 Å². The number of nitrogens with one attached hydrogen (secondary N) is 1. The van der Waals surface area contributed by atoms with E-state index in [2.05, 4.69) is 39.5 Å². The summed E-state index contributed by atoms with van der Waals surface area (Å²) < 4.78 is 13.1. The first-order chi connectivity index (χ1) is 14.6. The Morgan fingerprint density at radius 3 is 2.67 bits per heavy atom. The Bertz CT molecular complexity index is 976. The highest BCUT2D eigenvalue weighted by Gasteiger charge is 2.16. The van der Waals surface area contributed by atoms with E-state index >= 15 is 0 Å². The number of nitrogens with zero attached hydrogens (tertiary/aromatic N) is 3. The monoisotopic (exact) mass is 426 g/mol. The Hall–Kier alpha value is -2.71. The van der Waals surface area contributed by atoms with E-state index in [1.54, 1.807) is 24.0 Å². The van der Waals surface area contributed by atoms with Crippen molar-refractivity contribution >= 4 is 23.4 Å². The largest absolute Gasteiger partial charge is 0.455 e. The van der Waals surface area contributed by atoms with Crippen LogP contribution in [0.5, 0.6) is 0 Å². The van der Waals surface area contributed by atoms with Crippen LogP contribution in [0.4, 0.5) is 5.69 Å². The van der Waals surface area contributed by atoms with Crippen LogP contribution in [0.25, 0.3) is 0 Å². The van der Waals surface area contributed by atoms with Gasteiger partial charge in [-0.25, -0.2) is 4.98 Å². The third-order valence-corrected chi connectivity index (χ3v) is 6.20. The van der Waals surface area contributed by atoms with E-state index in [-0.39, 0.29) is 11.9 Å². The van der Waals surface area contributed by atoms with Crippen molar-refractivity contribution in [1.29, 1.82) is 0 Å². The smallest absolute Gasteiger partial charge is 0.287 e. The molecular weight excluding hydrogens is 400 g/mol. The number of rotatable bonds is 7. The lowest BCUT2D eigenvalue weighted by atomic mass is 10.1. The summed E-state index contributed by atoms with van der Waals surface area (Å²) in [5.41, 5.74) is 2.24. The lowest BCUT2D eigenvalue weighted by Gasteiger charge is -2.29. The standard InChI is InChI=1S/C22H26N4O3S/c1-16(17-3-5-18(6-4-17)26-11-13-28-14-12-26)24-21(27)20-8-7-19(29-20)15-30-22-23-9-10-25(22)2/h3-10,16H,11-15H2,1-2H3,(H,24,27). The maximum absolute atomic E-state index is 12.6. The first-order valence-electron chi connectivity index (χ1n) is 10.0. The van der Waals surface area contributed by atoms with Gasteiger partial charge in [-0.1, -0.05) is 23.9 Å². The van der Waals surface area contributed by atoms with Crippen LogP contribution in [0.3, 0.4) is 0 Å². The highest BCUT2D eigenvalue weighted by atomic mass is 32.2. The first kappa shape index (κ1) is 20.6. The van der Waals surface area contributed by atoms with E-state index in [1.807, 2.05) is 30.8 Å². The number of thioether (sulfide) groups is 1. The molecule has 30 heavy (non-hydrogen) atoms. The summed E-state index contributed by atoms with van der Waals surface area (Å²) in [6, 6.07) is 11.8. The number of amides is 1. The molecule has 1 fully saturated rings. The summed E-state index contributed by atoms with van der Waals surface area (Å²) in [7, 11) is 1.95. The lowest BCUT2D eigenvalue weighted by Crippen LogP contribution is -2.36. The van der Waals surface area contributed by atoms with Crippen LogP contribution in [0.1, 0.15) is 34.8 Å². The van der Waals surface area contributed by atoms with Crippen LogP contribution in [-0.4, -0.2) is 41.8 Å². The van der Waals surface area contributed by atoms with E-state index in [9.17, 15) is 4.79 Å². The summed E-state index contributed by atoms with van der Waals surface area (Å²) in [5, 5.41) is 3.92. The van der Waals surface area contributed by atoms with Crippen LogP contribution < -0.4 is 10.2 Å². The number of aryl methyl sites for hydroxylation is 1. The molecule has 1 aliphatic heterocycles. The van der Waals surface area contributed by atoms with Crippen molar-refractivity contribution in [2.45, 2.75) is 23.9 Å². The molecule has 3 heterocycles. The zero-order valence-corrected chi connectivity index (χ0v) is 18.0. The van der Waals surface area contributed by atoms with Crippen molar-refractivity contribution in [1.82, 2.24) is 14.9 Å². The van der Waals surface area contributed by atoms with Crippen molar-refractivity contribution in [3.63, 3.8) is 0 Å². The van der Waals surface area contributed by atoms with Crippen molar-refractivity contribution in [2.24, 2.45) is 7.05 Å². The molecule has 1 N–H and O–H groups in total. The topological polar surface area (TPSA) is 72.5 Å². The molecule has 0 saturated carbocycles. The van der Waals surface area contributed by atoms with Gasteiger partial charge in [-0.2, -0.15) is 0 Å². The maximum atomic E-state index is 12.6. The number of hydrogen-bond donors (Lipinski definition) is 1. The molecule has 0 spiro atoms. The normalized spacial score (nSPS) is 15.2. The summed E-state index contributed by atoms with van der Waals surface area (Å²) >= 11 is 1.57. The van der Waals surface area contributed by atoms with Crippen molar-refractivity contribution in [3.8, 4) is 0 Å². The molecule has 0 aliphatic carbocycles. The van der Waals surface area contributed by atoms with Crippen LogP contribution in [-0.2, 0) is 17.5 Å². The fourth-order valence-electron chi connectivity index (χ4n) is 3.35. The molecule has 2 aromatic heterocycles. The van der Waals surface area contributed by atoms with Gasteiger partial charge >= 0.3 is 0 Å². The van der Waals surface area contributed by atoms with E-state index in [0.29, 0.717) is 11.5 Å². The van der Waals surface area contributed by atoms with Crippen molar-refractivity contribution in [2.75, 3.05) is 31.2 Å². The molecule has 1 atom stereocenters. The van der Waals surface area contributed by atoms with Crippen LogP contribution >= 0.6 is 11.8 Å². The van der Waals surface area contributed by atoms with E-state index in [4.69, 9.17) is 9.15 Å². The fraction of sp³-hybridized carbons (Fsp3) is 0.364. The predicted molar refractivity (Wildman–Crippen MR) is 117 cm³/mol. The molecule has 4 rings (SSSR count). The molecule has 1 aliphatic rings. The minimum absolute atomic E-state index is 0.119. The molecule has 8 heteroatoms. The molecule has 1 amide bonds. The maximum Gasteiger partial charge on any atom is 0.287 e. The molecule has 3 aromatic rings. The van der Waals surface area contributed by atoms with Gasteiger partial charge in [-0.15, -0.1) is 0 Å². The van der Waals surface area contributed by atoms with E-state index in [1.165, 1.54) is 5.69 Å². The Kier molecular flexibility index (Phi) is 6.44. The summed E-state index contributed by atoms with van der Waals surface area (Å²) in [4.78, 5) is 19.2. The van der Waals surface area contributed by atoms with Gasteiger partial charge in [0.1, 0.15) is 5.76 Å². The van der Waals surface area contributed by atoms with E-state index in [0.717, 1.165) is 42.8 Å². The lowest BCUT2D eigenvalue weighted by molar-refractivity contribution is 0.0910. The predicted octanol–water partition coefficient (Wildman–Crippen LogP) is 3.63. The quantitative estimate of drug-likeness (QED) is 0.582. The number of imidazole rings is 1. The third kappa shape index (κ3) is 4.88. The molecule has 158 valence electrons. The van der Waals surface area contributed by atoms with Crippen LogP contribution in [0.2, 0.25) is 0 Å². The van der Waals surface area contributed by atoms with Gasteiger partial charge in [0.25, 0.3) is 5.91 Å². The van der Waals surface area contributed by atoms with Crippen molar-refractivity contribution < 1.29 is 13.9 Å². The van der Waals surface area contributed by atoms with Crippen LogP contribution in [0, 0.1) is 0 Å². The second-order valence-corrected chi connectivity index (χ2v) is 8.20. The summed E-state index contributed by atoms with van der Waals surface area (Å²) in [6.45, 7) is 5.32. The number of anilines is 1. The molecule has 1 saturated heterocycles. The minimum atomic E-state index is -0.215. The number of benzene rings is 1. The van der Waals surface area contributed by atoms with Crippen LogP contribution in [0.15, 0.2) is 58.4 Å². The van der Waals surface area contributed by atoms with Gasteiger partial charge in [-0.3, -0.25) is 4.79 Å². The molecule has 1 unspecified atom stereocenters. The molecule has 0 radical (unpaired) electrons. The second-order valence-electron chi connectivity index (χ2n) is 7.26. The van der Waals surface area contributed by atoms with Gasteiger partial charge in [0.2, 0.25) is 0 Å². The van der Waals surface area contributed by atoms with Gasteiger partial charge in [0, 0.05) is 38.2 Å². The van der Waals surface area contributed by atoms with Gasteiger partial charge in [0.05, 0.1) is 25.0 Å². The number of hydrogen-bond acceptors (Lipinski definition) is 6. The zero-order chi connectivity index (χ0) is 20.9. The Labute approximate surface area is 180 Å². The number of ether oxygens (including phenoxy) is 1. The van der Waals surface area contributed by atoms with Gasteiger partial charge in [0.15, 0.2) is 10.9 Å². The number of furan rings is 1. The second kappa shape index (κ2) is 9.40. The first-order valence-corrected chi connectivity index (χ1v) is 11.0. The average molecular weight is 427 g/mol. The number of aromatic nitrogens is 2. The summed E-state index contributed by atoms with van der Waals surface area (Å²) in [5.74, 6) is 1.47. The number of carbonyl (C=O) groups is 1. The molecule has 7 nitrogen and oxygen atoms in total. The van der Waals surface area contributed by atoms with Gasteiger partial charge in [-0.05, 0) is 36.8 Å². The zero-order valence-electron chi connectivity index (χ0n) is 17.2. The molecular formula is C22H26N4O3S. The molecule has 0 bridgehead atoms. The summed E-state index contributed by atoms with van der Waals surface area (Å²) in [6.07, 6.45) is 3.66. The highest BCUT2D eigenvalue weighted by molar-refractivity contribution is 7.98. The minimum Gasteiger partial charge on any atom is -0.455 e. The highest BCUT2D eigenvalue weighted by Crippen LogP contribution is 2.23. The Balaban J connectivity index is 1.32. The fourth-order valence-corrected chi connectivity index (χ4v) is 4.18. The van der Waals surface area contributed by atoms with Crippen molar-refractivity contribution in [3.05, 3.63) is 65.9 Å². The number of morpholine rings is 1. The third-order valence-electron chi connectivity index (χ3n) is 5.12. The SMILES string of the molecule is CC(NC(=O)c1ccc(CSc2nccn2C)o1)c1ccc(N2CCOCC2)cc1. The Morgan fingerprint density at radius 1 is 1.20 bits per heavy atom. The van der Waals surface area contributed by atoms with E-state index < -0.39 is 0 Å². The molecule has 1 aromatic carbocycles. The number of carbonyl (C=O) groups excluding carboxylic acids is 1.